The zero-order valence-electron chi connectivity index (χ0n) is 11.6. The Morgan fingerprint density at radius 2 is 1.85 bits per heavy atom. The van der Waals surface area contributed by atoms with E-state index in [2.05, 4.69) is 30.5 Å². The molecule has 0 unspecified atom stereocenters. The molecule has 0 atom stereocenters. The Hall–Kier alpha value is -2.00. The third-order valence-corrected chi connectivity index (χ3v) is 4.26. The Balaban J connectivity index is 1.83. The van der Waals surface area contributed by atoms with Crippen molar-refractivity contribution in [3.63, 3.8) is 0 Å². The van der Waals surface area contributed by atoms with Gasteiger partial charge in [-0.15, -0.1) is 11.3 Å². The van der Waals surface area contributed by atoms with Crippen molar-refractivity contribution in [2.24, 2.45) is 0 Å². The van der Waals surface area contributed by atoms with Gasteiger partial charge >= 0.3 is 0 Å². The van der Waals surface area contributed by atoms with Crippen molar-refractivity contribution < 1.29 is 9.47 Å². The van der Waals surface area contributed by atoms with E-state index in [0.29, 0.717) is 6.61 Å². The standard InChI is InChI=1S/C17H16O2S/c1-12-7-8-14-13(11-20-17(14)9-12)10-19-16-6-4-3-5-15(16)18-2/h3-9,11H,10H2,1-2H3. The fourth-order valence-electron chi connectivity index (χ4n) is 2.20. The van der Waals surface area contributed by atoms with Gasteiger partial charge < -0.3 is 9.47 Å². The molecule has 1 heterocycles. The summed E-state index contributed by atoms with van der Waals surface area (Å²) in [6, 6.07) is 14.2. The third kappa shape index (κ3) is 2.49. The first kappa shape index (κ1) is 13.0. The van der Waals surface area contributed by atoms with E-state index in [0.717, 1.165) is 11.5 Å². The number of para-hydroxylation sites is 2. The van der Waals surface area contributed by atoms with Gasteiger partial charge in [-0.05, 0) is 41.5 Å². The average Bonchev–Trinajstić information content (AvgIpc) is 2.87. The number of thiophene rings is 1. The van der Waals surface area contributed by atoms with E-state index in [-0.39, 0.29) is 0 Å². The molecule has 20 heavy (non-hydrogen) atoms. The number of fused-ring (bicyclic) bond motifs is 1. The summed E-state index contributed by atoms with van der Waals surface area (Å²) in [7, 11) is 1.66. The van der Waals surface area contributed by atoms with Crippen molar-refractivity contribution in [1.29, 1.82) is 0 Å². The van der Waals surface area contributed by atoms with Crippen molar-refractivity contribution in [3.8, 4) is 11.5 Å². The summed E-state index contributed by atoms with van der Waals surface area (Å²) >= 11 is 1.76. The summed E-state index contributed by atoms with van der Waals surface area (Å²) < 4.78 is 12.5. The van der Waals surface area contributed by atoms with Crippen LogP contribution in [0, 0.1) is 6.92 Å². The molecule has 0 fully saturated rings. The van der Waals surface area contributed by atoms with Crippen LogP contribution in [0.4, 0.5) is 0 Å². The zero-order chi connectivity index (χ0) is 13.9. The maximum Gasteiger partial charge on any atom is 0.161 e. The molecule has 0 amide bonds. The van der Waals surface area contributed by atoms with Gasteiger partial charge in [-0.1, -0.05) is 24.3 Å². The van der Waals surface area contributed by atoms with Crippen molar-refractivity contribution in [2.45, 2.75) is 13.5 Å². The average molecular weight is 284 g/mol. The molecule has 0 aliphatic carbocycles. The maximum absolute atomic E-state index is 5.89. The van der Waals surface area contributed by atoms with Gasteiger partial charge in [0.25, 0.3) is 0 Å². The highest BCUT2D eigenvalue weighted by molar-refractivity contribution is 7.17. The summed E-state index contributed by atoms with van der Waals surface area (Å²) in [6.07, 6.45) is 0. The third-order valence-electron chi connectivity index (χ3n) is 3.26. The molecule has 3 heteroatoms. The molecule has 0 N–H and O–H groups in total. The van der Waals surface area contributed by atoms with E-state index in [1.807, 2.05) is 24.3 Å². The van der Waals surface area contributed by atoms with E-state index < -0.39 is 0 Å². The number of methoxy groups -OCH3 is 1. The molecule has 2 nitrogen and oxygen atoms in total. The predicted molar refractivity (Wildman–Crippen MR) is 83.9 cm³/mol. The molecule has 0 spiro atoms. The van der Waals surface area contributed by atoms with E-state index in [9.17, 15) is 0 Å². The number of benzene rings is 2. The van der Waals surface area contributed by atoms with Crippen molar-refractivity contribution in [3.05, 3.63) is 59.0 Å². The molecule has 3 aromatic rings. The van der Waals surface area contributed by atoms with Gasteiger partial charge in [0.15, 0.2) is 11.5 Å². The van der Waals surface area contributed by atoms with Crippen LogP contribution in [0.5, 0.6) is 11.5 Å². The van der Waals surface area contributed by atoms with Crippen molar-refractivity contribution in [1.82, 2.24) is 0 Å². The van der Waals surface area contributed by atoms with E-state index in [1.54, 1.807) is 18.4 Å². The second-order valence-electron chi connectivity index (χ2n) is 4.70. The summed E-state index contributed by atoms with van der Waals surface area (Å²) in [4.78, 5) is 0. The Labute approximate surface area is 122 Å². The number of aryl methyl sites for hydroxylation is 1. The van der Waals surface area contributed by atoms with Crippen LogP contribution in [0.1, 0.15) is 11.1 Å². The Bertz CT molecular complexity index is 731. The molecule has 0 aliphatic rings. The first-order chi connectivity index (χ1) is 9.78. The first-order valence-electron chi connectivity index (χ1n) is 6.50. The summed E-state index contributed by atoms with van der Waals surface area (Å²) in [5.74, 6) is 1.55. The monoisotopic (exact) mass is 284 g/mol. The SMILES string of the molecule is COc1ccccc1OCc1csc2cc(C)ccc12. The number of rotatable bonds is 4. The van der Waals surface area contributed by atoms with Crippen LogP contribution in [0.15, 0.2) is 47.8 Å². The van der Waals surface area contributed by atoms with E-state index >= 15 is 0 Å². The molecule has 0 saturated carbocycles. The Morgan fingerprint density at radius 3 is 2.65 bits per heavy atom. The molecular formula is C17H16O2S. The van der Waals surface area contributed by atoms with Crippen LogP contribution in [0.25, 0.3) is 10.1 Å². The maximum atomic E-state index is 5.89. The highest BCUT2D eigenvalue weighted by Crippen LogP contribution is 2.30. The molecule has 0 saturated heterocycles. The van der Waals surface area contributed by atoms with Crippen LogP contribution < -0.4 is 9.47 Å². The van der Waals surface area contributed by atoms with Gasteiger partial charge in [0.2, 0.25) is 0 Å². The quantitative estimate of drug-likeness (QED) is 0.685. The van der Waals surface area contributed by atoms with Gasteiger partial charge in [-0.25, -0.2) is 0 Å². The Kier molecular flexibility index (Phi) is 3.61. The summed E-state index contributed by atoms with van der Waals surface area (Å²) in [6.45, 7) is 2.67. The molecule has 0 bridgehead atoms. The largest absolute Gasteiger partial charge is 0.493 e. The highest BCUT2D eigenvalue weighted by atomic mass is 32.1. The van der Waals surface area contributed by atoms with Crippen LogP contribution >= 0.6 is 11.3 Å². The minimum Gasteiger partial charge on any atom is -0.493 e. The highest BCUT2D eigenvalue weighted by Gasteiger charge is 2.07. The fraction of sp³-hybridized carbons (Fsp3) is 0.176. The van der Waals surface area contributed by atoms with Crippen molar-refractivity contribution >= 4 is 21.4 Å². The summed E-state index contributed by atoms with van der Waals surface area (Å²) in [5, 5.41) is 3.44. The number of hydrogen-bond acceptors (Lipinski definition) is 3. The topological polar surface area (TPSA) is 18.5 Å². The molecule has 102 valence electrons. The van der Waals surface area contributed by atoms with Gasteiger partial charge in [0, 0.05) is 10.3 Å². The molecule has 1 aromatic heterocycles. The van der Waals surface area contributed by atoms with E-state index in [4.69, 9.17) is 9.47 Å². The first-order valence-corrected chi connectivity index (χ1v) is 7.38. The number of ether oxygens (including phenoxy) is 2. The molecule has 2 aromatic carbocycles. The smallest absolute Gasteiger partial charge is 0.161 e. The lowest BCUT2D eigenvalue weighted by molar-refractivity contribution is 0.286. The zero-order valence-corrected chi connectivity index (χ0v) is 12.4. The summed E-state index contributed by atoms with van der Waals surface area (Å²) in [5.41, 5.74) is 2.51. The minimum atomic E-state index is 0.559. The van der Waals surface area contributed by atoms with E-state index in [1.165, 1.54) is 21.2 Å². The van der Waals surface area contributed by atoms with Crippen LogP contribution in [-0.4, -0.2) is 7.11 Å². The number of hydrogen-bond donors (Lipinski definition) is 0. The molecular weight excluding hydrogens is 268 g/mol. The second kappa shape index (κ2) is 5.55. The lowest BCUT2D eigenvalue weighted by Crippen LogP contribution is -1.96. The lowest BCUT2D eigenvalue weighted by atomic mass is 10.1. The molecule has 3 rings (SSSR count). The van der Waals surface area contributed by atoms with Gasteiger partial charge in [-0.2, -0.15) is 0 Å². The minimum absolute atomic E-state index is 0.559. The van der Waals surface area contributed by atoms with Gasteiger partial charge in [0.05, 0.1) is 7.11 Å². The van der Waals surface area contributed by atoms with Gasteiger partial charge in [-0.3, -0.25) is 0 Å². The van der Waals surface area contributed by atoms with Crippen LogP contribution in [0.2, 0.25) is 0 Å². The van der Waals surface area contributed by atoms with Gasteiger partial charge in [0.1, 0.15) is 6.61 Å². The Morgan fingerprint density at radius 1 is 1.05 bits per heavy atom. The van der Waals surface area contributed by atoms with Crippen molar-refractivity contribution in [2.75, 3.05) is 7.11 Å². The van der Waals surface area contributed by atoms with Crippen LogP contribution in [-0.2, 0) is 6.61 Å². The molecule has 0 aliphatic heterocycles. The predicted octanol–water partition coefficient (Wildman–Crippen LogP) is 4.80. The lowest BCUT2D eigenvalue weighted by Gasteiger charge is -2.09. The molecule has 0 radical (unpaired) electrons. The second-order valence-corrected chi connectivity index (χ2v) is 5.61. The van der Waals surface area contributed by atoms with Crippen LogP contribution in [0.3, 0.4) is 0 Å². The fourth-order valence-corrected chi connectivity index (χ4v) is 3.24. The normalized spacial score (nSPS) is 10.7.